The Kier molecular flexibility index (Phi) is 6.42. The summed E-state index contributed by atoms with van der Waals surface area (Å²) in [4.78, 5) is 31.2. The van der Waals surface area contributed by atoms with E-state index >= 15 is 4.39 Å². The van der Waals surface area contributed by atoms with Crippen LogP contribution in [0.5, 0.6) is 0 Å². The molecule has 7 nitrogen and oxygen atoms in total. The number of fused-ring (bicyclic) bond motifs is 1. The van der Waals surface area contributed by atoms with Crippen molar-refractivity contribution in [2.75, 3.05) is 26.2 Å². The van der Waals surface area contributed by atoms with Gasteiger partial charge in [-0.2, -0.15) is 0 Å². The third-order valence-electron chi connectivity index (χ3n) is 7.74. The van der Waals surface area contributed by atoms with Gasteiger partial charge in [0.05, 0.1) is 0 Å². The summed E-state index contributed by atoms with van der Waals surface area (Å²) in [5.41, 5.74) is 1.88. The number of carbonyl (C=O) groups is 1. The normalized spacial score (nSPS) is 18.8. The zero-order valence-electron chi connectivity index (χ0n) is 20.8. The van der Waals surface area contributed by atoms with Gasteiger partial charge in [-0.25, -0.2) is 14.4 Å². The maximum absolute atomic E-state index is 15.9. The quantitative estimate of drug-likeness (QED) is 0.400. The molecule has 2 fully saturated rings. The topological polar surface area (TPSA) is 67.2 Å². The number of alkyl halides is 1. The summed E-state index contributed by atoms with van der Waals surface area (Å²) in [6.45, 7) is 3.03. The van der Waals surface area contributed by atoms with Crippen LogP contribution in [-0.2, 0) is 11.3 Å². The van der Waals surface area contributed by atoms with Crippen molar-refractivity contribution < 1.29 is 9.18 Å². The van der Waals surface area contributed by atoms with E-state index in [-0.39, 0.29) is 24.8 Å². The highest BCUT2D eigenvalue weighted by Crippen LogP contribution is 2.35. The summed E-state index contributed by atoms with van der Waals surface area (Å²) in [5, 5.41) is 0. The number of rotatable bonds is 5. The average molecular weight is 499 g/mol. The molecule has 2 aliphatic heterocycles. The summed E-state index contributed by atoms with van der Waals surface area (Å²) in [6.07, 6.45) is 5.49. The van der Waals surface area contributed by atoms with E-state index in [9.17, 15) is 4.79 Å². The van der Waals surface area contributed by atoms with Crippen LogP contribution in [0.1, 0.15) is 37.3 Å². The van der Waals surface area contributed by atoms with Gasteiger partial charge in [-0.05, 0) is 42.7 Å². The lowest BCUT2D eigenvalue weighted by molar-refractivity contribution is -0.148. The average Bonchev–Trinajstić information content (AvgIpc) is 3.35. The molecule has 0 unspecified atom stereocenters. The predicted octanol–water partition coefficient (Wildman–Crippen LogP) is 4.66. The number of pyridine rings is 2. The minimum absolute atomic E-state index is 0.115. The number of nitrogens with zero attached hydrogens (tertiary/aromatic N) is 6. The molecular formula is C29H31FN6O. The number of halogens is 1. The van der Waals surface area contributed by atoms with Crippen molar-refractivity contribution in [3.63, 3.8) is 0 Å². The van der Waals surface area contributed by atoms with Crippen LogP contribution in [0.15, 0.2) is 73.1 Å². The molecule has 2 saturated heterocycles. The van der Waals surface area contributed by atoms with Crippen molar-refractivity contribution in [3.05, 3.63) is 78.6 Å². The fourth-order valence-corrected chi connectivity index (χ4v) is 5.68. The van der Waals surface area contributed by atoms with Crippen molar-refractivity contribution in [2.24, 2.45) is 0 Å². The number of imidazole rings is 1. The van der Waals surface area contributed by atoms with E-state index in [2.05, 4.69) is 31.6 Å². The van der Waals surface area contributed by atoms with E-state index in [1.54, 1.807) is 17.3 Å². The molecule has 8 heteroatoms. The van der Waals surface area contributed by atoms with Gasteiger partial charge in [-0.3, -0.25) is 14.7 Å². The molecule has 6 rings (SSSR count). The van der Waals surface area contributed by atoms with Gasteiger partial charge in [0.2, 0.25) is 0 Å². The summed E-state index contributed by atoms with van der Waals surface area (Å²) >= 11 is 0. The van der Waals surface area contributed by atoms with Gasteiger partial charge in [0.15, 0.2) is 17.1 Å². The molecule has 4 aromatic rings. The maximum Gasteiger partial charge on any atom is 0.260 e. The van der Waals surface area contributed by atoms with Gasteiger partial charge in [0.25, 0.3) is 5.91 Å². The van der Waals surface area contributed by atoms with E-state index in [0.717, 1.165) is 42.1 Å². The largest absolute Gasteiger partial charge is 0.340 e. The Bertz CT molecular complexity index is 1360. The molecule has 0 saturated carbocycles. The number of likely N-dealkylation sites (tertiary alicyclic amines) is 2. The highest BCUT2D eigenvalue weighted by atomic mass is 19.1. The Labute approximate surface area is 216 Å². The van der Waals surface area contributed by atoms with Gasteiger partial charge < -0.3 is 9.47 Å². The lowest BCUT2D eigenvalue weighted by Gasteiger charge is -2.40. The minimum atomic E-state index is -1.78. The van der Waals surface area contributed by atoms with Crippen molar-refractivity contribution in [1.29, 1.82) is 0 Å². The first-order valence-electron chi connectivity index (χ1n) is 13.1. The molecule has 1 aromatic carbocycles. The van der Waals surface area contributed by atoms with Crippen molar-refractivity contribution in [3.8, 4) is 11.5 Å². The van der Waals surface area contributed by atoms with Crippen LogP contribution in [0.2, 0.25) is 0 Å². The van der Waals surface area contributed by atoms with Gasteiger partial charge in [-0.1, -0.05) is 36.4 Å². The zero-order valence-corrected chi connectivity index (χ0v) is 20.8. The van der Waals surface area contributed by atoms with Gasteiger partial charge >= 0.3 is 0 Å². The van der Waals surface area contributed by atoms with Crippen LogP contribution in [-0.4, -0.2) is 67.1 Å². The summed E-state index contributed by atoms with van der Waals surface area (Å²) < 4.78 is 18.0. The second-order valence-corrected chi connectivity index (χ2v) is 10.1. The molecule has 0 N–H and O–H groups in total. The number of hydrogen-bond donors (Lipinski definition) is 0. The molecule has 2 aliphatic rings. The molecule has 3 aromatic heterocycles. The summed E-state index contributed by atoms with van der Waals surface area (Å²) in [5.74, 6) is 0.440. The second kappa shape index (κ2) is 10.0. The first-order chi connectivity index (χ1) is 18.1. The van der Waals surface area contributed by atoms with Crippen LogP contribution < -0.4 is 0 Å². The number of benzene rings is 1. The summed E-state index contributed by atoms with van der Waals surface area (Å²) in [7, 11) is 0. The molecular weight excluding hydrogens is 467 g/mol. The molecule has 37 heavy (non-hydrogen) atoms. The van der Waals surface area contributed by atoms with E-state index in [1.807, 2.05) is 48.5 Å². The van der Waals surface area contributed by atoms with Crippen molar-refractivity contribution >= 4 is 17.1 Å². The lowest BCUT2D eigenvalue weighted by Crippen LogP contribution is -2.53. The fraction of sp³-hybridized carbons (Fsp3) is 0.379. The Balaban J connectivity index is 1.13. The fourth-order valence-electron chi connectivity index (χ4n) is 5.68. The smallest absolute Gasteiger partial charge is 0.260 e. The monoisotopic (exact) mass is 498 g/mol. The highest BCUT2D eigenvalue weighted by Gasteiger charge is 2.45. The molecule has 1 amide bonds. The van der Waals surface area contributed by atoms with E-state index < -0.39 is 5.67 Å². The van der Waals surface area contributed by atoms with Crippen molar-refractivity contribution in [2.45, 2.75) is 43.9 Å². The number of piperidine rings is 2. The van der Waals surface area contributed by atoms with E-state index in [4.69, 9.17) is 4.98 Å². The number of aromatic nitrogens is 4. The van der Waals surface area contributed by atoms with Gasteiger partial charge in [0.1, 0.15) is 11.2 Å². The van der Waals surface area contributed by atoms with E-state index in [1.165, 1.54) is 5.56 Å². The Morgan fingerprint density at radius 3 is 2.35 bits per heavy atom. The second-order valence-electron chi connectivity index (χ2n) is 10.1. The van der Waals surface area contributed by atoms with Gasteiger partial charge in [-0.15, -0.1) is 0 Å². The Morgan fingerprint density at radius 2 is 1.62 bits per heavy atom. The molecule has 190 valence electrons. The molecule has 0 spiro atoms. The maximum atomic E-state index is 15.9. The van der Waals surface area contributed by atoms with Crippen LogP contribution in [0.4, 0.5) is 4.39 Å². The van der Waals surface area contributed by atoms with Crippen LogP contribution >= 0.6 is 0 Å². The SMILES string of the molecule is O=C(N1CCC(n2c(-c3ccccn3)nc3cccnc32)CC1)C1(F)CCN(Cc2ccccc2)CC1. The Hall–Kier alpha value is -3.65. The van der Waals surface area contributed by atoms with Crippen LogP contribution in [0, 0.1) is 0 Å². The number of hydrogen-bond acceptors (Lipinski definition) is 5. The van der Waals surface area contributed by atoms with Gasteiger partial charge in [0, 0.05) is 64.0 Å². The van der Waals surface area contributed by atoms with Crippen molar-refractivity contribution in [1.82, 2.24) is 29.3 Å². The zero-order chi connectivity index (χ0) is 25.2. The lowest BCUT2D eigenvalue weighted by atomic mass is 9.90. The van der Waals surface area contributed by atoms with Crippen LogP contribution in [0.25, 0.3) is 22.7 Å². The predicted molar refractivity (Wildman–Crippen MR) is 140 cm³/mol. The standard InChI is InChI=1S/C29H31FN6O/c30-29(13-19-34(20-14-29)21-22-7-2-1-3-8-22)28(37)35-17-11-23(12-18-35)36-26-25(10-6-16-32-26)33-27(36)24-9-4-5-15-31-24/h1-10,15-16,23H,11-14,17-21H2. The number of amides is 1. The molecule has 0 atom stereocenters. The Morgan fingerprint density at radius 1 is 0.892 bits per heavy atom. The highest BCUT2D eigenvalue weighted by molar-refractivity contribution is 5.85. The molecule has 0 radical (unpaired) electrons. The molecule has 0 aliphatic carbocycles. The summed E-state index contributed by atoms with van der Waals surface area (Å²) in [6, 6.07) is 20.0. The van der Waals surface area contributed by atoms with Crippen LogP contribution in [0.3, 0.4) is 0 Å². The third kappa shape index (κ3) is 4.73. The van der Waals surface area contributed by atoms with E-state index in [0.29, 0.717) is 26.2 Å². The number of carbonyl (C=O) groups excluding carboxylic acids is 1. The first-order valence-corrected chi connectivity index (χ1v) is 13.1. The first kappa shape index (κ1) is 23.7. The minimum Gasteiger partial charge on any atom is -0.340 e. The third-order valence-corrected chi connectivity index (χ3v) is 7.74. The molecule has 0 bridgehead atoms. The molecule has 5 heterocycles.